The van der Waals surface area contributed by atoms with E-state index in [1.807, 2.05) is 0 Å². The number of tetrazole rings is 1. The van der Waals surface area contributed by atoms with Gasteiger partial charge in [0.2, 0.25) is 0 Å². The number of benzene rings is 1. The SMILES string of the molecule is CC1=CCC(NC(c2cscc2C)c2nnnn2-c2ccc(F)cc2)CC1. The molecule has 1 aliphatic carbocycles. The van der Waals surface area contributed by atoms with Gasteiger partial charge in [0.15, 0.2) is 5.82 Å². The zero-order valence-electron chi connectivity index (χ0n) is 15.4. The fourth-order valence-electron chi connectivity index (χ4n) is 3.46. The Morgan fingerprint density at radius 3 is 2.70 bits per heavy atom. The van der Waals surface area contributed by atoms with E-state index in [4.69, 9.17) is 0 Å². The van der Waals surface area contributed by atoms with E-state index in [1.165, 1.54) is 28.8 Å². The van der Waals surface area contributed by atoms with Crippen molar-refractivity contribution in [2.75, 3.05) is 0 Å². The summed E-state index contributed by atoms with van der Waals surface area (Å²) >= 11 is 1.68. The van der Waals surface area contributed by atoms with E-state index in [0.717, 1.165) is 30.8 Å². The Balaban J connectivity index is 1.71. The monoisotopic (exact) mass is 383 g/mol. The van der Waals surface area contributed by atoms with Crippen molar-refractivity contribution in [1.82, 2.24) is 25.5 Å². The Labute approximate surface area is 161 Å². The van der Waals surface area contributed by atoms with Crippen molar-refractivity contribution in [3.63, 3.8) is 0 Å². The van der Waals surface area contributed by atoms with Gasteiger partial charge in [-0.15, -0.1) is 5.10 Å². The summed E-state index contributed by atoms with van der Waals surface area (Å²) in [7, 11) is 0. The highest BCUT2D eigenvalue weighted by atomic mass is 32.1. The molecule has 1 N–H and O–H groups in total. The zero-order chi connectivity index (χ0) is 18.8. The lowest BCUT2D eigenvalue weighted by atomic mass is 9.94. The highest BCUT2D eigenvalue weighted by Crippen LogP contribution is 2.30. The molecule has 0 spiro atoms. The lowest BCUT2D eigenvalue weighted by molar-refractivity contribution is 0.420. The van der Waals surface area contributed by atoms with Crippen LogP contribution in [0.3, 0.4) is 0 Å². The number of nitrogens with zero attached hydrogens (tertiary/aromatic N) is 4. The predicted octanol–water partition coefficient (Wildman–Crippen LogP) is 4.35. The van der Waals surface area contributed by atoms with Crippen LogP contribution in [-0.2, 0) is 0 Å². The summed E-state index contributed by atoms with van der Waals surface area (Å²) in [5.41, 5.74) is 4.60. The third kappa shape index (κ3) is 3.84. The van der Waals surface area contributed by atoms with Gasteiger partial charge in [-0.3, -0.25) is 0 Å². The Kier molecular flexibility index (Phi) is 5.13. The predicted molar refractivity (Wildman–Crippen MR) is 105 cm³/mol. The maximum atomic E-state index is 13.3. The molecule has 4 rings (SSSR count). The Morgan fingerprint density at radius 1 is 1.22 bits per heavy atom. The molecular weight excluding hydrogens is 361 g/mol. The smallest absolute Gasteiger partial charge is 0.178 e. The van der Waals surface area contributed by atoms with Crippen LogP contribution in [0.1, 0.15) is 49.2 Å². The van der Waals surface area contributed by atoms with E-state index in [9.17, 15) is 4.39 Å². The van der Waals surface area contributed by atoms with Gasteiger partial charge in [0, 0.05) is 6.04 Å². The number of halogens is 1. The van der Waals surface area contributed by atoms with Crippen LogP contribution in [0.4, 0.5) is 4.39 Å². The summed E-state index contributed by atoms with van der Waals surface area (Å²) in [6.45, 7) is 4.29. The number of hydrogen-bond donors (Lipinski definition) is 1. The van der Waals surface area contributed by atoms with Crippen molar-refractivity contribution < 1.29 is 4.39 Å². The van der Waals surface area contributed by atoms with Gasteiger partial charge in [0.1, 0.15) is 5.82 Å². The minimum absolute atomic E-state index is 0.117. The van der Waals surface area contributed by atoms with Gasteiger partial charge in [-0.2, -0.15) is 16.0 Å². The van der Waals surface area contributed by atoms with Crippen LogP contribution in [0.25, 0.3) is 5.69 Å². The molecule has 140 valence electrons. The molecule has 0 aliphatic heterocycles. The van der Waals surface area contributed by atoms with Crippen LogP contribution in [0.5, 0.6) is 0 Å². The van der Waals surface area contributed by atoms with Crippen LogP contribution >= 0.6 is 11.3 Å². The van der Waals surface area contributed by atoms with E-state index in [1.54, 1.807) is 28.2 Å². The molecule has 1 aliphatic rings. The second-order valence-electron chi connectivity index (χ2n) is 7.06. The van der Waals surface area contributed by atoms with Gasteiger partial charge in [0.25, 0.3) is 0 Å². The molecule has 0 amide bonds. The average molecular weight is 383 g/mol. The first-order valence-corrected chi connectivity index (χ1v) is 10.0. The van der Waals surface area contributed by atoms with Crippen molar-refractivity contribution in [1.29, 1.82) is 0 Å². The van der Waals surface area contributed by atoms with Gasteiger partial charge in [-0.1, -0.05) is 11.6 Å². The van der Waals surface area contributed by atoms with E-state index < -0.39 is 0 Å². The standard InChI is InChI=1S/C20H22FN5S/c1-13-3-7-16(8-4-13)22-19(18-12-27-11-14(18)2)20-23-24-25-26(20)17-9-5-15(21)6-10-17/h3,5-6,9-12,16,19,22H,4,7-8H2,1-2H3. The molecule has 3 aromatic rings. The molecule has 2 aromatic heterocycles. The summed E-state index contributed by atoms with van der Waals surface area (Å²) < 4.78 is 15.0. The van der Waals surface area contributed by atoms with E-state index in [-0.39, 0.29) is 11.9 Å². The molecule has 7 heteroatoms. The number of nitrogens with one attached hydrogen (secondary N) is 1. The van der Waals surface area contributed by atoms with E-state index in [0.29, 0.717) is 6.04 Å². The summed E-state index contributed by atoms with van der Waals surface area (Å²) in [5.74, 6) is 0.440. The third-order valence-corrected chi connectivity index (χ3v) is 5.95. The molecule has 5 nitrogen and oxygen atoms in total. The van der Waals surface area contributed by atoms with Crippen LogP contribution in [0.2, 0.25) is 0 Å². The second kappa shape index (κ2) is 7.70. The highest BCUT2D eigenvalue weighted by Gasteiger charge is 2.27. The number of hydrogen-bond acceptors (Lipinski definition) is 5. The van der Waals surface area contributed by atoms with Gasteiger partial charge in [0.05, 0.1) is 11.7 Å². The number of rotatable bonds is 5. The third-order valence-electron chi connectivity index (χ3n) is 5.07. The second-order valence-corrected chi connectivity index (χ2v) is 7.80. The molecule has 2 atom stereocenters. The number of aromatic nitrogens is 4. The molecule has 2 unspecified atom stereocenters. The first-order valence-electron chi connectivity index (χ1n) is 9.10. The first kappa shape index (κ1) is 18.0. The minimum Gasteiger partial charge on any atom is -0.300 e. The molecule has 1 aromatic carbocycles. The highest BCUT2D eigenvalue weighted by molar-refractivity contribution is 7.08. The number of aryl methyl sites for hydroxylation is 1. The number of allylic oxidation sites excluding steroid dienone is 1. The van der Waals surface area contributed by atoms with Crippen molar-refractivity contribution in [2.24, 2.45) is 0 Å². The van der Waals surface area contributed by atoms with E-state index in [2.05, 4.69) is 51.5 Å². The molecule has 0 saturated carbocycles. The molecule has 0 bridgehead atoms. The Morgan fingerprint density at radius 2 is 2.04 bits per heavy atom. The van der Waals surface area contributed by atoms with Crippen LogP contribution < -0.4 is 5.32 Å². The molecule has 0 fully saturated rings. The molecule has 0 radical (unpaired) electrons. The van der Waals surface area contributed by atoms with Gasteiger partial charge >= 0.3 is 0 Å². The summed E-state index contributed by atoms with van der Waals surface area (Å²) in [4.78, 5) is 0. The Bertz CT molecular complexity index is 943. The lowest BCUT2D eigenvalue weighted by Crippen LogP contribution is -2.36. The summed E-state index contributed by atoms with van der Waals surface area (Å²) in [6.07, 6.45) is 5.52. The molecular formula is C20H22FN5S. The average Bonchev–Trinajstić information content (AvgIpc) is 3.31. The van der Waals surface area contributed by atoms with Gasteiger partial charge < -0.3 is 5.32 Å². The minimum atomic E-state index is -0.277. The van der Waals surface area contributed by atoms with E-state index >= 15 is 0 Å². The van der Waals surface area contributed by atoms with Crippen LogP contribution in [0.15, 0.2) is 46.7 Å². The molecule has 2 heterocycles. The number of thiophene rings is 1. The van der Waals surface area contributed by atoms with Gasteiger partial charge in [-0.05, 0) is 89.7 Å². The van der Waals surface area contributed by atoms with Crippen molar-refractivity contribution in [3.05, 3.63) is 69.4 Å². The maximum Gasteiger partial charge on any atom is 0.178 e. The molecule has 0 saturated heterocycles. The summed E-state index contributed by atoms with van der Waals surface area (Å²) in [6, 6.07) is 6.49. The fraction of sp³-hybridized carbons (Fsp3) is 0.350. The first-order chi connectivity index (χ1) is 13.1. The lowest BCUT2D eigenvalue weighted by Gasteiger charge is -2.27. The molecule has 27 heavy (non-hydrogen) atoms. The van der Waals surface area contributed by atoms with Crippen molar-refractivity contribution in [2.45, 2.75) is 45.2 Å². The quantitative estimate of drug-likeness (QED) is 0.666. The normalized spacial score (nSPS) is 18.3. The van der Waals surface area contributed by atoms with Crippen LogP contribution in [-0.4, -0.2) is 26.2 Å². The maximum absolute atomic E-state index is 13.3. The zero-order valence-corrected chi connectivity index (χ0v) is 16.2. The Hall–Kier alpha value is -2.38. The topological polar surface area (TPSA) is 55.6 Å². The van der Waals surface area contributed by atoms with Crippen molar-refractivity contribution in [3.8, 4) is 5.69 Å². The summed E-state index contributed by atoms with van der Waals surface area (Å²) in [5, 5.41) is 20.5. The fourth-order valence-corrected chi connectivity index (χ4v) is 4.34. The van der Waals surface area contributed by atoms with Gasteiger partial charge in [-0.25, -0.2) is 4.39 Å². The largest absolute Gasteiger partial charge is 0.300 e. The van der Waals surface area contributed by atoms with Crippen LogP contribution in [0, 0.1) is 12.7 Å². The van der Waals surface area contributed by atoms with Crippen molar-refractivity contribution >= 4 is 11.3 Å².